The summed E-state index contributed by atoms with van der Waals surface area (Å²) >= 11 is 0. The molecule has 33 heavy (non-hydrogen) atoms. The van der Waals surface area contributed by atoms with Crippen molar-refractivity contribution in [1.29, 1.82) is 0 Å². The molecule has 0 bridgehead atoms. The van der Waals surface area contributed by atoms with E-state index in [9.17, 15) is 13.2 Å². The van der Waals surface area contributed by atoms with Crippen molar-refractivity contribution in [2.24, 2.45) is 0 Å². The lowest BCUT2D eigenvalue weighted by atomic mass is 9.87. The predicted octanol–water partition coefficient (Wildman–Crippen LogP) is 3.26. The number of hydrogen-bond acceptors (Lipinski definition) is 4. The molecule has 6 nitrogen and oxygen atoms in total. The quantitative estimate of drug-likeness (QED) is 0.690. The Morgan fingerprint density at radius 1 is 0.879 bits per heavy atom. The van der Waals surface area contributed by atoms with E-state index in [0.717, 1.165) is 18.5 Å². The third-order valence-corrected chi connectivity index (χ3v) is 8.89. The number of sulfonamides is 1. The first-order chi connectivity index (χ1) is 15.6. The minimum Gasteiger partial charge on any atom is -0.337 e. The van der Waals surface area contributed by atoms with Gasteiger partial charge in [0.15, 0.2) is 0 Å². The fraction of sp³-hybridized carbons (Fsp3) is 0.500. The monoisotopic (exact) mass is 469 g/mol. The van der Waals surface area contributed by atoms with Crippen LogP contribution in [0.3, 0.4) is 0 Å². The van der Waals surface area contributed by atoms with Gasteiger partial charge in [-0.2, -0.15) is 4.31 Å². The number of amides is 1. The number of piperazine rings is 1. The van der Waals surface area contributed by atoms with Gasteiger partial charge < -0.3 is 4.90 Å². The van der Waals surface area contributed by atoms with E-state index >= 15 is 0 Å². The lowest BCUT2D eigenvalue weighted by Gasteiger charge is -2.39. The van der Waals surface area contributed by atoms with Crippen LogP contribution in [-0.2, 0) is 33.2 Å². The summed E-state index contributed by atoms with van der Waals surface area (Å²) in [6, 6.07) is 15.3. The van der Waals surface area contributed by atoms with Gasteiger partial charge in [0, 0.05) is 39.3 Å². The molecule has 1 saturated heterocycles. The van der Waals surface area contributed by atoms with E-state index in [1.807, 2.05) is 36.1 Å². The largest absolute Gasteiger partial charge is 0.337 e. The van der Waals surface area contributed by atoms with Gasteiger partial charge in [-0.1, -0.05) is 57.2 Å². The molecule has 1 atom stereocenters. The number of benzene rings is 2. The Morgan fingerprint density at radius 3 is 2.09 bits per heavy atom. The molecule has 0 aromatic heterocycles. The van der Waals surface area contributed by atoms with Crippen LogP contribution < -0.4 is 0 Å². The summed E-state index contributed by atoms with van der Waals surface area (Å²) in [5, 5.41) is 0. The first-order valence-corrected chi connectivity index (χ1v) is 13.2. The second kappa shape index (κ2) is 9.20. The number of fused-ring (bicyclic) bond motifs is 1. The van der Waals surface area contributed by atoms with Crippen LogP contribution >= 0.6 is 0 Å². The van der Waals surface area contributed by atoms with E-state index in [0.29, 0.717) is 37.6 Å². The summed E-state index contributed by atoms with van der Waals surface area (Å²) < 4.78 is 27.9. The van der Waals surface area contributed by atoms with Crippen molar-refractivity contribution >= 4 is 15.9 Å². The maximum absolute atomic E-state index is 13.2. The average Bonchev–Trinajstić information content (AvgIpc) is 2.82. The highest BCUT2D eigenvalue weighted by molar-refractivity contribution is 7.89. The fourth-order valence-corrected chi connectivity index (χ4v) is 6.13. The Kier molecular flexibility index (Phi) is 6.67. The number of nitrogens with zero attached hydrogens (tertiary/aromatic N) is 3. The number of rotatable bonds is 4. The molecule has 178 valence electrons. The molecule has 1 fully saturated rings. The second-order valence-electron chi connectivity index (χ2n) is 10.2. The van der Waals surface area contributed by atoms with Crippen LogP contribution in [-0.4, -0.2) is 67.2 Å². The molecule has 2 aliphatic heterocycles. The van der Waals surface area contributed by atoms with Crippen molar-refractivity contribution in [3.8, 4) is 0 Å². The van der Waals surface area contributed by atoms with Crippen LogP contribution in [0.2, 0.25) is 0 Å². The Morgan fingerprint density at radius 2 is 1.48 bits per heavy atom. The van der Waals surface area contributed by atoms with Gasteiger partial charge in [-0.25, -0.2) is 8.42 Å². The predicted molar refractivity (Wildman–Crippen MR) is 130 cm³/mol. The van der Waals surface area contributed by atoms with Crippen molar-refractivity contribution in [3.05, 3.63) is 65.2 Å². The van der Waals surface area contributed by atoms with Crippen molar-refractivity contribution in [2.75, 3.05) is 32.7 Å². The molecule has 2 aliphatic rings. The summed E-state index contributed by atoms with van der Waals surface area (Å²) in [4.78, 5) is 17.6. The Bertz CT molecular complexity index is 1100. The molecule has 0 aliphatic carbocycles. The third kappa shape index (κ3) is 5.00. The third-order valence-electron chi connectivity index (χ3n) is 6.98. The van der Waals surface area contributed by atoms with Gasteiger partial charge in [0.05, 0.1) is 10.9 Å². The summed E-state index contributed by atoms with van der Waals surface area (Å²) in [5.74, 6) is 0.124. The highest BCUT2D eigenvalue weighted by Gasteiger charge is 2.34. The lowest BCUT2D eigenvalue weighted by Crippen LogP contribution is -2.55. The van der Waals surface area contributed by atoms with E-state index in [4.69, 9.17) is 0 Å². The van der Waals surface area contributed by atoms with Gasteiger partial charge in [-0.3, -0.25) is 9.69 Å². The molecule has 1 amide bonds. The molecule has 7 heteroatoms. The normalized spacial score (nSPS) is 19.2. The Labute approximate surface area is 198 Å². The van der Waals surface area contributed by atoms with Crippen LogP contribution in [0.5, 0.6) is 0 Å². The van der Waals surface area contributed by atoms with Gasteiger partial charge in [0.1, 0.15) is 0 Å². The standard InChI is InChI=1S/C26H35N3O3S/c1-20(25(30)28-14-13-21-7-5-6-8-22(21)19-28)27-15-17-29(18-16-27)33(31,32)24-11-9-23(10-12-24)26(2,3)4/h5-12,20H,13-19H2,1-4H3. The molecule has 0 saturated carbocycles. The summed E-state index contributed by atoms with van der Waals surface area (Å²) in [7, 11) is -3.54. The first kappa shape index (κ1) is 23.9. The van der Waals surface area contributed by atoms with Crippen LogP contribution in [0, 0.1) is 0 Å². The van der Waals surface area contributed by atoms with Crippen LogP contribution in [0.1, 0.15) is 44.4 Å². The van der Waals surface area contributed by atoms with Gasteiger partial charge in [-0.05, 0) is 47.6 Å². The molecule has 2 aromatic rings. The number of hydrogen-bond donors (Lipinski definition) is 0. The van der Waals surface area contributed by atoms with Gasteiger partial charge in [0.25, 0.3) is 0 Å². The van der Waals surface area contributed by atoms with E-state index in [1.54, 1.807) is 16.4 Å². The zero-order valence-corrected chi connectivity index (χ0v) is 20.9. The Hall–Kier alpha value is -2.22. The zero-order valence-electron chi connectivity index (χ0n) is 20.1. The summed E-state index contributed by atoms with van der Waals surface area (Å²) in [5.41, 5.74) is 3.63. The van der Waals surface area contributed by atoms with Crippen molar-refractivity contribution in [3.63, 3.8) is 0 Å². The minimum absolute atomic E-state index is 0.0208. The van der Waals surface area contributed by atoms with E-state index < -0.39 is 10.0 Å². The van der Waals surface area contributed by atoms with Gasteiger partial charge in [0.2, 0.25) is 15.9 Å². The average molecular weight is 470 g/mol. The maximum Gasteiger partial charge on any atom is 0.243 e. The van der Waals surface area contributed by atoms with Gasteiger partial charge in [-0.15, -0.1) is 0 Å². The highest BCUT2D eigenvalue weighted by atomic mass is 32.2. The van der Waals surface area contributed by atoms with Crippen LogP contribution in [0.25, 0.3) is 0 Å². The Balaban J connectivity index is 1.36. The molecular weight excluding hydrogens is 434 g/mol. The lowest BCUT2D eigenvalue weighted by molar-refractivity contribution is -0.137. The zero-order chi connectivity index (χ0) is 23.8. The van der Waals surface area contributed by atoms with E-state index in [-0.39, 0.29) is 17.4 Å². The summed E-state index contributed by atoms with van der Waals surface area (Å²) in [6.07, 6.45) is 0.884. The smallest absolute Gasteiger partial charge is 0.243 e. The van der Waals surface area contributed by atoms with Crippen molar-refractivity contribution < 1.29 is 13.2 Å². The van der Waals surface area contributed by atoms with E-state index in [2.05, 4.69) is 37.8 Å². The second-order valence-corrected chi connectivity index (χ2v) is 12.1. The number of carbonyl (C=O) groups is 1. The molecule has 0 N–H and O–H groups in total. The van der Waals surface area contributed by atoms with Crippen LogP contribution in [0.4, 0.5) is 0 Å². The molecular formula is C26H35N3O3S. The topological polar surface area (TPSA) is 60.9 Å². The van der Waals surface area contributed by atoms with Gasteiger partial charge >= 0.3 is 0 Å². The fourth-order valence-electron chi connectivity index (χ4n) is 4.71. The molecule has 1 unspecified atom stereocenters. The first-order valence-electron chi connectivity index (χ1n) is 11.8. The summed E-state index contributed by atoms with van der Waals surface area (Å²) in [6.45, 7) is 11.6. The van der Waals surface area contributed by atoms with Crippen LogP contribution in [0.15, 0.2) is 53.4 Å². The molecule has 0 radical (unpaired) electrons. The maximum atomic E-state index is 13.2. The van der Waals surface area contributed by atoms with Crippen molar-refractivity contribution in [1.82, 2.24) is 14.1 Å². The SMILES string of the molecule is CC(C(=O)N1CCc2ccccc2C1)N1CCN(S(=O)(=O)c2ccc(C(C)(C)C)cc2)CC1. The molecule has 2 heterocycles. The molecule has 0 spiro atoms. The molecule has 4 rings (SSSR count). The van der Waals surface area contributed by atoms with E-state index in [1.165, 1.54) is 11.1 Å². The minimum atomic E-state index is -3.54. The van der Waals surface area contributed by atoms with Crippen molar-refractivity contribution in [2.45, 2.75) is 57.0 Å². The molecule has 2 aromatic carbocycles. The highest BCUT2D eigenvalue weighted by Crippen LogP contribution is 2.26. The number of carbonyl (C=O) groups excluding carboxylic acids is 1.